The first-order valence-corrected chi connectivity index (χ1v) is 5.11. The van der Waals surface area contributed by atoms with Crippen LogP contribution >= 0.6 is 0 Å². The molecule has 0 unspecified atom stereocenters. The summed E-state index contributed by atoms with van der Waals surface area (Å²) in [4.78, 5) is 9.62. The fourth-order valence-electron chi connectivity index (χ4n) is 1.13. The fourth-order valence-corrected chi connectivity index (χ4v) is 1.13. The summed E-state index contributed by atoms with van der Waals surface area (Å²) in [5.41, 5.74) is 7.22. The lowest BCUT2D eigenvalue weighted by Crippen LogP contribution is -1.88. The van der Waals surface area contributed by atoms with Gasteiger partial charge in [0, 0.05) is 17.8 Å². The van der Waals surface area contributed by atoms with Gasteiger partial charge >= 0.3 is 0 Å². The summed E-state index contributed by atoms with van der Waals surface area (Å²) in [5.74, 6) is 0. The highest BCUT2D eigenvalue weighted by Gasteiger charge is 2.00. The number of non-ortho nitro benzene ring substituents is 1. The minimum atomic E-state index is -0.459. The molecule has 2 aromatic rings. The lowest BCUT2D eigenvalue weighted by atomic mass is 10.2. The molecule has 0 heterocycles. The van der Waals surface area contributed by atoms with E-state index < -0.39 is 4.92 Å². The van der Waals surface area contributed by atoms with Crippen molar-refractivity contribution in [2.45, 2.75) is 6.92 Å². The highest BCUT2D eigenvalue weighted by Crippen LogP contribution is 2.11. The van der Waals surface area contributed by atoms with Crippen LogP contribution in [0.2, 0.25) is 0 Å². The third-order valence-electron chi connectivity index (χ3n) is 2.04. The SMILES string of the molecule is Cc1ccccc1.Nc1ccc([N+](=O)[O-])cc1. The maximum atomic E-state index is 10.1. The van der Waals surface area contributed by atoms with Crippen molar-refractivity contribution in [3.63, 3.8) is 0 Å². The van der Waals surface area contributed by atoms with Crippen molar-refractivity contribution in [3.05, 3.63) is 70.3 Å². The van der Waals surface area contributed by atoms with E-state index in [1.807, 2.05) is 18.2 Å². The van der Waals surface area contributed by atoms with Crippen LogP contribution in [0.3, 0.4) is 0 Å². The van der Waals surface area contributed by atoms with Gasteiger partial charge < -0.3 is 5.73 Å². The van der Waals surface area contributed by atoms with Crippen molar-refractivity contribution in [2.75, 3.05) is 5.73 Å². The van der Waals surface area contributed by atoms with Gasteiger partial charge in [0.25, 0.3) is 5.69 Å². The van der Waals surface area contributed by atoms with E-state index in [-0.39, 0.29) is 5.69 Å². The van der Waals surface area contributed by atoms with E-state index >= 15 is 0 Å². The molecule has 0 aliphatic carbocycles. The van der Waals surface area contributed by atoms with Gasteiger partial charge in [0.2, 0.25) is 0 Å². The van der Waals surface area contributed by atoms with E-state index in [0.29, 0.717) is 5.69 Å². The second-order valence-electron chi connectivity index (χ2n) is 3.50. The molecule has 2 N–H and O–H groups in total. The zero-order valence-corrected chi connectivity index (χ0v) is 9.54. The van der Waals surface area contributed by atoms with E-state index in [4.69, 9.17) is 5.73 Å². The summed E-state index contributed by atoms with van der Waals surface area (Å²) in [6.45, 7) is 2.08. The number of nitro groups is 1. The maximum absolute atomic E-state index is 10.1. The summed E-state index contributed by atoms with van der Waals surface area (Å²) in [6, 6.07) is 16.0. The summed E-state index contributed by atoms with van der Waals surface area (Å²) in [7, 11) is 0. The zero-order valence-electron chi connectivity index (χ0n) is 9.54. The van der Waals surface area contributed by atoms with Gasteiger partial charge in [0.1, 0.15) is 0 Å². The molecule has 2 aromatic carbocycles. The molecule has 0 saturated carbocycles. The van der Waals surface area contributed by atoms with Crippen molar-refractivity contribution < 1.29 is 4.92 Å². The molecule has 88 valence electrons. The molecule has 0 spiro atoms. The molecule has 0 aliphatic rings. The number of anilines is 1. The normalized spacial score (nSPS) is 9.00. The minimum absolute atomic E-state index is 0.0641. The second kappa shape index (κ2) is 6.27. The number of hydrogen-bond donors (Lipinski definition) is 1. The molecular formula is C13H14N2O2. The lowest BCUT2D eigenvalue weighted by Gasteiger charge is -1.90. The van der Waals surface area contributed by atoms with Crippen molar-refractivity contribution in [1.82, 2.24) is 0 Å². The van der Waals surface area contributed by atoms with Gasteiger partial charge in [-0.05, 0) is 19.1 Å². The Morgan fingerprint density at radius 1 is 1.00 bits per heavy atom. The zero-order chi connectivity index (χ0) is 12.7. The molecule has 0 aromatic heterocycles. The lowest BCUT2D eigenvalue weighted by molar-refractivity contribution is -0.384. The smallest absolute Gasteiger partial charge is 0.269 e. The second-order valence-corrected chi connectivity index (χ2v) is 3.50. The fraction of sp³-hybridized carbons (Fsp3) is 0.0769. The van der Waals surface area contributed by atoms with Gasteiger partial charge in [-0.1, -0.05) is 35.9 Å². The summed E-state index contributed by atoms with van der Waals surface area (Å²) >= 11 is 0. The van der Waals surface area contributed by atoms with Crippen LogP contribution in [0.1, 0.15) is 5.56 Å². The van der Waals surface area contributed by atoms with Gasteiger partial charge in [-0.15, -0.1) is 0 Å². The maximum Gasteiger partial charge on any atom is 0.269 e. The minimum Gasteiger partial charge on any atom is -0.399 e. The number of aryl methyl sites for hydroxylation is 1. The molecule has 17 heavy (non-hydrogen) atoms. The van der Waals surface area contributed by atoms with Gasteiger partial charge in [-0.3, -0.25) is 10.1 Å². The molecule has 2 rings (SSSR count). The number of nitrogens with two attached hydrogens (primary N) is 1. The first-order chi connectivity index (χ1) is 8.09. The van der Waals surface area contributed by atoms with Crippen molar-refractivity contribution in [1.29, 1.82) is 0 Å². The molecule has 4 heteroatoms. The molecule has 0 radical (unpaired) electrons. The number of nitro benzene ring substituents is 1. The Hall–Kier alpha value is -2.36. The highest BCUT2D eigenvalue weighted by atomic mass is 16.6. The Morgan fingerprint density at radius 3 is 1.88 bits per heavy atom. The van der Waals surface area contributed by atoms with E-state index in [9.17, 15) is 10.1 Å². The largest absolute Gasteiger partial charge is 0.399 e. The van der Waals surface area contributed by atoms with Crippen LogP contribution in [0.5, 0.6) is 0 Å². The van der Waals surface area contributed by atoms with E-state index in [0.717, 1.165) is 0 Å². The average molecular weight is 230 g/mol. The molecule has 0 bridgehead atoms. The first kappa shape index (κ1) is 12.7. The van der Waals surface area contributed by atoms with Crippen LogP contribution in [0.15, 0.2) is 54.6 Å². The Balaban J connectivity index is 0.000000181. The quantitative estimate of drug-likeness (QED) is 0.464. The van der Waals surface area contributed by atoms with Crippen LogP contribution in [-0.4, -0.2) is 4.92 Å². The molecule has 0 aliphatic heterocycles. The third-order valence-corrected chi connectivity index (χ3v) is 2.04. The Kier molecular flexibility index (Phi) is 4.69. The highest BCUT2D eigenvalue weighted by molar-refractivity contribution is 5.44. The topological polar surface area (TPSA) is 69.2 Å². The third kappa shape index (κ3) is 4.79. The number of benzene rings is 2. The van der Waals surface area contributed by atoms with Crippen LogP contribution in [0, 0.1) is 17.0 Å². The average Bonchev–Trinajstić information content (AvgIpc) is 2.31. The number of rotatable bonds is 1. The van der Waals surface area contributed by atoms with E-state index in [1.54, 1.807) is 0 Å². The van der Waals surface area contributed by atoms with E-state index in [1.165, 1.54) is 29.8 Å². The van der Waals surface area contributed by atoms with Gasteiger partial charge in [-0.25, -0.2) is 0 Å². The molecular weight excluding hydrogens is 216 g/mol. The van der Waals surface area contributed by atoms with Crippen LogP contribution < -0.4 is 5.73 Å². The Bertz CT molecular complexity index is 467. The summed E-state index contributed by atoms with van der Waals surface area (Å²) in [6.07, 6.45) is 0. The molecule has 4 nitrogen and oxygen atoms in total. The summed E-state index contributed by atoms with van der Waals surface area (Å²) in [5, 5.41) is 10.1. The molecule has 0 fully saturated rings. The van der Waals surface area contributed by atoms with Crippen molar-refractivity contribution >= 4 is 11.4 Å². The number of hydrogen-bond acceptors (Lipinski definition) is 3. The Morgan fingerprint density at radius 2 is 1.53 bits per heavy atom. The monoisotopic (exact) mass is 230 g/mol. The molecule has 0 saturated heterocycles. The predicted octanol–water partition coefficient (Wildman–Crippen LogP) is 3.17. The number of nitrogens with zero attached hydrogens (tertiary/aromatic N) is 1. The molecule has 0 amide bonds. The Labute approximate surface area is 99.9 Å². The predicted molar refractivity (Wildman–Crippen MR) is 68.7 cm³/mol. The van der Waals surface area contributed by atoms with Crippen LogP contribution in [-0.2, 0) is 0 Å². The van der Waals surface area contributed by atoms with Gasteiger partial charge in [0.05, 0.1) is 4.92 Å². The van der Waals surface area contributed by atoms with Gasteiger partial charge in [0.15, 0.2) is 0 Å². The van der Waals surface area contributed by atoms with Crippen LogP contribution in [0.4, 0.5) is 11.4 Å². The standard InChI is InChI=1S/C7H8.C6H6N2O2/c1-7-5-3-2-4-6-7;7-5-1-3-6(4-2-5)8(9)10/h2-6H,1H3;1-4H,7H2. The van der Waals surface area contributed by atoms with Gasteiger partial charge in [-0.2, -0.15) is 0 Å². The van der Waals surface area contributed by atoms with Crippen molar-refractivity contribution in [3.8, 4) is 0 Å². The van der Waals surface area contributed by atoms with E-state index in [2.05, 4.69) is 19.1 Å². The van der Waals surface area contributed by atoms with Crippen molar-refractivity contribution in [2.24, 2.45) is 0 Å². The first-order valence-electron chi connectivity index (χ1n) is 5.11. The summed E-state index contributed by atoms with van der Waals surface area (Å²) < 4.78 is 0. The number of nitrogen functional groups attached to an aromatic ring is 1. The van der Waals surface area contributed by atoms with Crippen LogP contribution in [0.25, 0.3) is 0 Å². The molecule has 0 atom stereocenters.